The van der Waals surface area contributed by atoms with Gasteiger partial charge >= 0.3 is 0 Å². The van der Waals surface area contributed by atoms with Gasteiger partial charge in [0.15, 0.2) is 0 Å². The molecule has 1 heterocycles. The number of hydrogen-bond donors (Lipinski definition) is 0. The van der Waals surface area contributed by atoms with Crippen LogP contribution in [0.1, 0.15) is 44.1 Å². The fraction of sp³-hybridized carbons (Fsp3) is 0.524. The van der Waals surface area contributed by atoms with Crippen LogP contribution < -0.4 is 4.74 Å². The molecular weight excluding hydrogens is 318 g/mol. The van der Waals surface area contributed by atoms with Crippen molar-refractivity contribution in [3.05, 3.63) is 53.6 Å². The second-order valence-corrected chi connectivity index (χ2v) is 6.78. The number of rotatable bonds is 7. The van der Waals surface area contributed by atoms with Crippen LogP contribution in [0.2, 0.25) is 0 Å². The van der Waals surface area contributed by atoms with Gasteiger partial charge in [0.25, 0.3) is 0 Å². The zero-order valence-corrected chi connectivity index (χ0v) is 15.6. The summed E-state index contributed by atoms with van der Waals surface area (Å²) in [6.45, 7) is 2.07. The van der Waals surface area contributed by atoms with Crippen LogP contribution in [0.5, 0.6) is 5.75 Å². The van der Waals surface area contributed by atoms with Crippen molar-refractivity contribution in [2.45, 2.75) is 51.0 Å². The monoisotopic (exact) mass is 347 g/mol. The lowest BCUT2D eigenvalue weighted by molar-refractivity contribution is 0.232. The second kappa shape index (κ2) is 9.90. The smallest absolute Gasteiger partial charge is 0.122 e. The lowest BCUT2D eigenvalue weighted by atomic mass is 9.99. The van der Waals surface area contributed by atoms with Gasteiger partial charge in [0.1, 0.15) is 5.75 Å². The van der Waals surface area contributed by atoms with Crippen molar-refractivity contribution in [2.24, 2.45) is 0 Å². The number of nitrogens with zero attached hydrogens (tertiary/aromatic N) is 1. The third-order valence-electron chi connectivity index (χ3n) is 5.11. The van der Waals surface area contributed by atoms with E-state index in [-0.39, 0.29) is 12.4 Å². The highest BCUT2D eigenvalue weighted by molar-refractivity contribution is 5.85. The average molecular weight is 348 g/mol. The van der Waals surface area contributed by atoms with Gasteiger partial charge in [-0.1, -0.05) is 42.0 Å². The van der Waals surface area contributed by atoms with Crippen molar-refractivity contribution in [1.82, 2.24) is 4.90 Å². The molecule has 0 radical (unpaired) electrons. The topological polar surface area (TPSA) is 12.5 Å². The number of benzene rings is 1. The fourth-order valence-corrected chi connectivity index (χ4v) is 3.63. The third-order valence-corrected chi connectivity index (χ3v) is 5.11. The van der Waals surface area contributed by atoms with Gasteiger partial charge in [0.2, 0.25) is 0 Å². The summed E-state index contributed by atoms with van der Waals surface area (Å²) in [6, 6.07) is 9.25. The van der Waals surface area contributed by atoms with Gasteiger partial charge in [-0.15, -0.1) is 12.4 Å². The number of likely N-dealkylation sites (tertiary alicyclic amines) is 1. The molecule has 1 saturated heterocycles. The molecule has 0 spiro atoms. The minimum atomic E-state index is 0. The fourth-order valence-electron chi connectivity index (χ4n) is 3.63. The quantitative estimate of drug-likeness (QED) is 0.673. The molecule has 1 atom stereocenters. The maximum atomic E-state index is 6.12. The number of halogens is 1. The third kappa shape index (κ3) is 5.39. The molecule has 1 aromatic carbocycles. The summed E-state index contributed by atoms with van der Waals surface area (Å²) in [5.41, 5.74) is 2.81. The highest BCUT2D eigenvalue weighted by Gasteiger charge is 2.20. The molecule has 1 aromatic rings. The molecule has 2 nitrogen and oxygen atoms in total. The Labute approximate surface area is 153 Å². The lowest BCUT2D eigenvalue weighted by Crippen LogP contribution is -2.26. The lowest BCUT2D eigenvalue weighted by Gasteiger charge is -2.20. The molecule has 1 unspecified atom stereocenters. The Morgan fingerprint density at radius 1 is 1.17 bits per heavy atom. The largest absolute Gasteiger partial charge is 0.493 e. The van der Waals surface area contributed by atoms with E-state index in [4.69, 9.17) is 4.74 Å². The van der Waals surface area contributed by atoms with Crippen molar-refractivity contribution >= 4 is 12.4 Å². The summed E-state index contributed by atoms with van der Waals surface area (Å²) in [6.07, 6.45) is 15.3. The molecule has 1 aliphatic carbocycles. The molecule has 1 aliphatic heterocycles. The molecular formula is C21H30ClNO. The number of allylic oxidation sites excluding steroid dienone is 4. The van der Waals surface area contributed by atoms with E-state index in [9.17, 15) is 0 Å². The normalized spacial score (nSPS) is 20.5. The molecule has 0 aromatic heterocycles. The Hall–Kier alpha value is -1.25. The predicted octanol–water partition coefficient (Wildman–Crippen LogP) is 5.18. The van der Waals surface area contributed by atoms with Crippen molar-refractivity contribution in [3.8, 4) is 5.75 Å². The summed E-state index contributed by atoms with van der Waals surface area (Å²) >= 11 is 0. The van der Waals surface area contributed by atoms with E-state index >= 15 is 0 Å². The second-order valence-electron chi connectivity index (χ2n) is 6.78. The van der Waals surface area contributed by atoms with Crippen LogP contribution in [-0.2, 0) is 6.42 Å². The maximum Gasteiger partial charge on any atom is 0.122 e. The minimum Gasteiger partial charge on any atom is -0.493 e. The minimum absolute atomic E-state index is 0. The van der Waals surface area contributed by atoms with E-state index in [2.05, 4.69) is 54.4 Å². The Bertz CT molecular complexity index is 567. The number of aryl methyl sites for hydroxylation is 1. The number of ether oxygens (including phenoxy) is 1. The first-order valence-corrected chi connectivity index (χ1v) is 9.09. The van der Waals surface area contributed by atoms with Crippen molar-refractivity contribution in [1.29, 1.82) is 0 Å². The van der Waals surface area contributed by atoms with Crippen LogP contribution >= 0.6 is 12.4 Å². The molecule has 0 N–H and O–H groups in total. The zero-order valence-electron chi connectivity index (χ0n) is 14.7. The summed E-state index contributed by atoms with van der Waals surface area (Å²) in [4.78, 5) is 2.47. The van der Waals surface area contributed by atoms with Crippen LogP contribution in [-0.4, -0.2) is 31.1 Å². The molecule has 132 valence electrons. The zero-order chi connectivity index (χ0) is 15.9. The first kappa shape index (κ1) is 19.1. The van der Waals surface area contributed by atoms with Crippen LogP contribution in [0.4, 0.5) is 0 Å². The molecule has 0 amide bonds. The van der Waals surface area contributed by atoms with Gasteiger partial charge in [0, 0.05) is 6.04 Å². The first-order valence-electron chi connectivity index (χ1n) is 9.09. The van der Waals surface area contributed by atoms with Gasteiger partial charge in [-0.2, -0.15) is 0 Å². The summed E-state index contributed by atoms with van der Waals surface area (Å²) in [5.74, 6) is 1.08. The molecule has 3 heteroatoms. The summed E-state index contributed by atoms with van der Waals surface area (Å²) in [7, 11) is 2.23. The van der Waals surface area contributed by atoms with E-state index < -0.39 is 0 Å². The highest BCUT2D eigenvalue weighted by Crippen LogP contribution is 2.24. The molecule has 2 aliphatic rings. The van der Waals surface area contributed by atoms with Gasteiger partial charge in [-0.25, -0.2) is 0 Å². The van der Waals surface area contributed by atoms with Crippen LogP contribution in [0, 0.1) is 0 Å². The Kier molecular flexibility index (Phi) is 7.87. The Morgan fingerprint density at radius 3 is 2.79 bits per heavy atom. The van der Waals surface area contributed by atoms with Gasteiger partial charge < -0.3 is 9.64 Å². The van der Waals surface area contributed by atoms with E-state index in [1.165, 1.54) is 43.4 Å². The van der Waals surface area contributed by atoms with E-state index in [0.29, 0.717) is 6.04 Å². The highest BCUT2D eigenvalue weighted by atomic mass is 35.5. The SMILES string of the molecule is CN1CCCC1CCOc1ccccc1CCC1=CCCC=C1.Cl. The van der Waals surface area contributed by atoms with Crippen molar-refractivity contribution in [3.63, 3.8) is 0 Å². The van der Waals surface area contributed by atoms with Crippen LogP contribution in [0.25, 0.3) is 0 Å². The standard InChI is InChI=1S/C21H29NO.ClH/c1-22-16-7-11-20(22)15-17-23-21-12-6-5-10-19(21)14-13-18-8-3-2-4-9-18;/h3,5-6,8-10,12,20H,2,4,7,11,13-17H2,1H3;1H. The number of hydrogen-bond acceptors (Lipinski definition) is 2. The van der Waals surface area contributed by atoms with Crippen molar-refractivity contribution < 1.29 is 4.74 Å². The van der Waals surface area contributed by atoms with Crippen molar-refractivity contribution in [2.75, 3.05) is 20.2 Å². The molecule has 3 rings (SSSR count). The predicted molar refractivity (Wildman–Crippen MR) is 104 cm³/mol. The summed E-state index contributed by atoms with van der Waals surface area (Å²) < 4.78 is 6.12. The first-order chi connectivity index (χ1) is 11.3. The van der Waals surface area contributed by atoms with E-state index in [0.717, 1.165) is 31.6 Å². The molecule has 1 fully saturated rings. The van der Waals surface area contributed by atoms with Crippen LogP contribution in [0.3, 0.4) is 0 Å². The average Bonchev–Trinajstić information content (AvgIpc) is 3.00. The van der Waals surface area contributed by atoms with Gasteiger partial charge in [-0.3, -0.25) is 0 Å². The Morgan fingerprint density at radius 2 is 2.04 bits per heavy atom. The van der Waals surface area contributed by atoms with E-state index in [1.54, 1.807) is 0 Å². The Balaban J connectivity index is 0.00000208. The van der Waals surface area contributed by atoms with E-state index in [1.807, 2.05) is 0 Å². The number of para-hydroxylation sites is 1. The van der Waals surface area contributed by atoms with Gasteiger partial charge in [0.05, 0.1) is 6.61 Å². The molecule has 24 heavy (non-hydrogen) atoms. The molecule has 0 saturated carbocycles. The van der Waals surface area contributed by atoms with Gasteiger partial charge in [-0.05, 0) is 70.2 Å². The maximum absolute atomic E-state index is 6.12. The van der Waals surface area contributed by atoms with Crippen LogP contribution in [0.15, 0.2) is 48.1 Å². The summed E-state index contributed by atoms with van der Waals surface area (Å²) in [5, 5.41) is 0. The molecule has 0 bridgehead atoms.